The Labute approximate surface area is 271 Å². The molecule has 47 heavy (non-hydrogen) atoms. The van der Waals surface area contributed by atoms with Crippen LogP contribution in [0.4, 0.5) is 23.4 Å². The molecule has 4 aromatic rings. The maximum Gasteiger partial charge on any atom is 0.191 e. The number of aromatic nitrogens is 5. The summed E-state index contributed by atoms with van der Waals surface area (Å²) in [4.78, 5) is 11.8. The molecule has 2 heterocycles. The minimum atomic E-state index is -1.24. The van der Waals surface area contributed by atoms with Gasteiger partial charge in [0.05, 0.1) is 25.4 Å². The lowest BCUT2D eigenvalue weighted by Gasteiger charge is -2.26. The van der Waals surface area contributed by atoms with E-state index in [2.05, 4.69) is 15.2 Å². The summed E-state index contributed by atoms with van der Waals surface area (Å²) in [6, 6.07) is 6.64. The van der Waals surface area contributed by atoms with Gasteiger partial charge in [-0.05, 0) is 54.7 Å². The Balaban J connectivity index is 1.30. The van der Waals surface area contributed by atoms with Gasteiger partial charge in [0.25, 0.3) is 0 Å². The van der Waals surface area contributed by atoms with Gasteiger partial charge in [-0.3, -0.25) is 0 Å². The van der Waals surface area contributed by atoms with Crippen LogP contribution in [0.1, 0.15) is 61.6 Å². The first-order valence-electron chi connectivity index (χ1n) is 15.7. The maximum atomic E-state index is 14.3. The molecule has 2 aromatic heterocycles. The van der Waals surface area contributed by atoms with Gasteiger partial charge in [0.1, 0.15) is 12.2 Å². The van der Waals surface area contributed by atoms with Crippen LogP contribution in [0.25, 0.3) is 11.2 Å². The molecule has 0 amide bonds. The van der Waals surface area contributed by atoms with Crippen LogP contribution in [0.2, 0.25) is 0 Å². The summed E-state index contributed by atoms with van der Waals surface area (Å²) in [6.07, 6.45) is -0.928. The number of thioether (sulfide) groups is 1. The Morgan fingerprint density at radius 3 is 2.11 bits per heavy atom. The Morgan fingerprint density at radius 1 is 0.894 bits per heavy atom. The molecular weight excluding hydrogens is 640 g/mol. The highest BCUT2D eigenvalue weighted by Crippen LogP contribution is 2.55. The van der Waals surface area contributed by atoms with Crippen molar-refractivity contribution < 1.29 is 37.6 Å². The fourth-order valence-electron chi connectivity index (χ4n) is 6.78. The summed E-state index contributed by atoms with van der Waals surface area (Å²) < 4.78 is 63.2. The molecule has 0 aliphatic heterocycles. The molecule has 0 unspecified atom stereocenters. The number of rotatable bonds is 12. The highest BCUT2D eigenvalue weighted by Gasteiger charge is 2.54. The van der Waals surface area contributed by atoms with Crippen LogP contribution < -0.4 is 4.90 Å². The van der Waals surface area contributed by atoms with Crippen LogP contribution in [0.3, 0.4) is 0 Å². The molecule has 0 bridgehead atoms. The lowest BCUT2D eigenvalue weighted by molar-refractivity contribution is -0.0629. The second-order valence-corrected chi connectivity index (χ2v) is 13.4. The van der Waals surface area contributed by atoms with Gasteiger partial charge in [-0.1, -0.05) is 36.0 Å². The SMILES string of the molecule is CCCSc1nc(N([C@@H]2C[C@H]2c2ccc(F)c(F)c2)[C@@H]2C[C@H]2c2ccc(F)c(F)c2)c2nnn([C@@H]3C[C@H](OCCO)[C@@H](O)[C@H]3O)c2n1. The number of aliphatic hydroxyl groups excluding tert-OH is 3. The molecule has 15 heteroatoms. The van der Waals surface area contributed by atoms with Gasteiger partial charge >= 0.3 is 0 Å². The number of fused-ring (bicyclic) bond motifs is 1. The zero-order chi connectivity index (χ0) is 33.0. The largest absolute Gasteiger partial charge is 0.394 e. The van der Waals surface area contributed by atoms with Gasteiger partial charge in [-0.15, -0.1) is 5.10 Å². The van der Waals surface area contributed by atoms with Crippen molar-refractivity contribution in [2.75, 3.05) is 23.9 Å². The van der Waals surface area contributed by atoms with E-state index in [1.165, 1.54) is 28.6 Å². The van der Waals surface area contributed by atoms with Crippen LogP contribution in [-0.2, 0) is 4.74 Å². The third-order valence-corrected chi connectivity index (χ3v) is 10.3. The van der Waals surface area contributed by atoms with Crippen LogP contribution >= 0.6 is 11.8 Å². The van der Waals surface area contributed by atoms with E-state index in [1.54, 1.807) is 12.1 Å². The minimum Gasteiger partial charge on any atom is -0.394 e. The molecule has 7 rings (SSSR count). The first kappa shape index (κ1) is 32.2. The second kappa shape index (κ2) is 12.9. The van der Waals surface area contributed by atoms with Gasteiger partial charge in [0.2, 0.25) is 0 Å². The normalized spacial score (nSPS) is 28.3. The van der Waals surface area contributed by atoms with Gasteiger partial charge in [0, 0.05) is 36.1 Å². The maximum absolute atomic E-state index is 14.3. The predicted octanol–water partition coefficient (Wildman–Crippen LogP) is 4.24. The van der Waals surface area contributed by atoms with Crippen molar-refractivity contribution in [3.8, 4) is 0 Å². The van der Waals surface area contributed by atoms with Gasteiger partial charge in [0.15, 0.2) is 45.4 Å². The highest BCUT2D eigenvalue weighted by molar-refractivity contribution is 7.99. The zero-order valence-corrected chi connectivity index (χ0v) is 26.2. The molecule has 250 valence electrons. The molecule has 0 radical (unpaired) electrons. The Morgan fingerprint density at radius 2 is 1.53 bits per heavy atom. The van der Waals surface area contributed by atoms with Crippen molar-refractivity contribution in [1.29, 1.82) is 0 Å². The van der Waals surface area contributed by atoms with Crippen molar-refractivity contribution >= 4 is 28.7 Å². The van der Waals surface area contributed by atoms with E-state index >= 15 is 0 Å². The number of ether oxygens (including phenoxy) is 1. The predicted molar refractivity (Wildman–Crippen MR) is 164 cm³/mol. The molecule has 3 N–H and O–H groups in total. The van der Waals surface area contributed by atoms with Gasteiger partial charge < -0.3 is 25.0 Å². The lowest BCUT2D eigenvalue weighted by atomic mass is 10.1. The Kier molecular flexibility index (Phi) is 8.85. The summed E-state index contributed by atoms with van der Waals surface area (Å²) in [5.74, 6) is -2.86. The zero-order valence-electron chi connectivity index (χ0n) is 25.4. The van der Waals surface area contributed by atoms with Crippen molar-refractivity contribution in [3.63, 3.8) is 0 Å². The number of halogens is 4. The first-order chi connectivity index (χ1) is 22.7. The lowest BCUT2D eigenvalue weighted by Crippen LogP contribution is -2.33. The molecule has 3 aliphatic carbocycles. The standard InChI is InChI=1S/C32H34F4N6O4S/c1-2-9-47-32-37-30(27-31(38-32)42(40-39-27)25-14-26(46-8-7-43)29(45)28(25)44)41(23-12-17(23)15-3-5-19(33)21(35)10-15)24-13-18(24)16-4-6-20(34)22(36)11-16/h3-6,10-11,17-18,23-26,28-29,43-45H,2,7-9,12-14H2,1H3/t17-,18-,23+,24+,25+,26-,28-,29+/m0/s1. The van der Waals surface area contributed by atoms with E-state index in [9.17, 15) is 32.9 Å². The van der Waals surface area contributed by atoms with E-state index in [1.807, 2.05) is 6.92 Å². The summed E-state index contributed by atoms with van der Waals surface area (Å²) in [7, 11) is 0. The third kappa shape index (κ3) is 6.07. The van der Waals surface area contributed by atoms with E-state index in [0.29, 0.717) is 46.1 Å². The van der Waals surface area contributed by atoms with E-state index < -0.39 is 47.6 Å². The first-order valence-corrected chi connectivity index (χ1v) is 16.7. The molecule has 3 fully saturated rings. The quantitative estimate of drug-likeness (QED) is 0.114. The number of benzene rings is 2. The average Bonchev–Trinajstić information content (AvgIpc) is 3.97. The molecule has 2 aromatic carbocycles. The Hall–Kier alpha value is -3.37. The van der Waals surface area contributed by atoms with Crippen LogP contribution in [-0.4, -0.2) is 89.6 Å². The summed E-state index contributed by atoms with van der Waals surface area (Å²) in [6.45, 7) is 1.79. The molecule has 3 aliphatic rings. The average molecular weight is 675 g/mol. The van der Waals surface area contributed by atoms with Crippen LogP contribution in [0.15, 0.2) is 41.6 Å². The summed E-state index contributed by atoms with van der Waals surface area (Å²) in [5, 5.41) is 40.2. The minimum absolute atomic E-state index is 0.000619. The monoisotopic (exact) mass is 674 g/mol. The molecule has 0 saturated heterocycles. The number of hydrogen-bond donors (Lipinski definition) is 3. The molecule has 3 saturated carbocycles. The van der Waals surface area contributed by atoms with E-state index in [0.717, 1.165) is 24.3 Å². The fraction of sp³-hybridized carbons (Fsp3) is 0.500. The Bertz CT molecular complexity index is 1720. The summed E-state index contributed by atoms with van der Waals surface area (Å²) in [5.41, 5.74) is 1.96. The highest BCUT2D eigenvalue weighted by atomic mass is 32.2. The molecule has 8 atom stereocenters. The van der Waals surface area contributed by atoms with Gasteiger partial charge in [-0.2, -0.15) is 0 Å². The molecular formula is C32H34F4N6O4S. The van der Waals surface area contributed by atoms with Crippen molar-refractivity contribution in [3.05, 3.63) is 70.8 Å². The third-order valence-electron chi connectivity index (χ3n) is 9.27. The topological polar surface area (TPSA) is 130 Å². The number of nitrogens with zero attached hydrogens (tertiary/aromatic N) is 6. The van der Waals surface area contributed by atoms with Crippen LogP contribution in [0.5, 0.6) is 0 Å². The summed E-state index contributed by atoms with van der Waals surface area (Å²) >= 11 is 1.44. The number of hydrogen-bond acceptors (Lipinski definition) is 10. The molecule has 0 spiro atoms. The van der Waals surface area contributed by atoms with E-state index in [-0.39, 0.29) is 43.6 Å². The van der Waals surface area contributed by atoms with Crippen molar-refractivity contribution in [2.45, 2.75) is 86.0 Å². The second-order valence-electron chi connectivity index (χ2n) is 12.4. The molecule has 10 nitrogen and oxygen atoms in total. The smallest absolute Gasteiger partial charge is 0.191 e. The van der Waals surface area contributed by atoms with E-state index in [4.69, 9.17) is 14.7 Å². The number of aliphatic hydroxyl groups is 3. The van der Waals surface area contributed by atoms with Crippen molar-refractivity contribution in [1.82, 2.24) is 25.0 Å². The van der Waals surface area contributed by atoms with Gasteiger partial charge in [-0.25, -0.2) is 32.2 Å². The van der Waals surface area contributed by atoms with Crippen LogP contribution in [0, 0.1) is 23.3 Å². The fourth-order valence-corrected chi connectivity index (χ4v) is 7.47. The number of anilines is 1. The van der Waals surface area contributed by atoms with Crippen molar-refractivity contribution in [2.24, 2.45) is 0 Å².